The summed E-state index contributed by atoms with van der Waals surface area (Å²) >= 11 is 0. The minimum absolute atomic E-state index is 0.0714. The quantitative estimate of drug-likeness (QED) is 0.728. The molecule has 134 valence electrons. The number of aryl methyl sites for hydroxylation is 1. The van der Waals surface area contributed by atoms with Crippen LogP contribution in [0.4, 0.5) is 0 Å². The van der Waals surface area contributed by atoms with Crippen LogP contribution in [-0.4, -0.2) is 32.3 Å². The number of benzene rings is 2. The van der Waals surface area contributed by atoms with E-state index in [1.165, 1.54) is 10.2 Å². The normalized spacial score (nSPS) is 16.0. The van der Waals surface area contributed by atoms with Gasteiger partial charge in [0.1, 0.15) is 5.82 Å². The van der Waals surface area contributed by atoms with Crippen molar-refractivity contribution in [1.29, 1.82) is 0 Å². The minimum atomic E-state index is -0.0714. The van der Waals surface area contributed by atoms with Gasteiger partial charge in [0.15, 0.2) is 0 Å². The molecule has 0 N–H and O–H groups in total. The van der Waals surface area contributed by atoms with Gasteiger partial charge in [-0.05, 0) is 43.6 Å². The van der Waals surface area contributed by atoms with E-state index >= 15 is 0 Å². The molecular formula is C21H24N4O. The Morgan fingerprint density at radius 3 is 2.23 bits per heavy atom. The number of nitrogens with zero attached hydrogens (tertiary/aromatic N) is 4. The van der Waals surface area contributed by atoms with E-state index in [0.717, 1.165) is 44.0 Å². The van der Waals surface area contributed by atoms with E-state index in [-0.39, 0.29) is 5.69 Å². The number of para-hydroxylation sites is 1. The Morgan fingerprint density at radius 1 is 0.962 bits per heavy atom. The molecule has 0 spiro atoms. The molecule has 5 nitrogen and oxygen atoms in total. The van der Waals surface area contributed by atoms with Gasteiger partial charge in [-0.1, -0.05) is 48.5 Å². The summed E-state index contributed by atoms with van der Waals surface area (Å²) in [5, 5.41) is 4.57. The highest BCUT2D eigenvalue weighted by atomic mass is 16.2. The van der Waals surface area contributed by atoms with E-state index < -0.39 is 0 Å². The molecule has 1 aliphatic rings. The topological polar surface area (TPSA) is 43.1 Å². The maximum Gasteiger partial charge on any atom is 0.350 e. The van der Waals surface area contributed by atoms with E-state index in [1.54, 1.807) is 11.6 Å². The molecule has 1 saturated heterocycles. The molecule has 1 fully saturated rings. The molecule has 0 radical (unpaired) electrons. The summed E-state index contributed by atoms with van der Waals surface area (Å²) in [5.41, 5.74) is 2.18. The molecule has 0 saturated carbocycles. The number of hydrogen-bond donors (Lipinski definition) is 0. The molecule has 4 rings (SSSR count). The third-order valence-corrected chi connectivity index (χ3v) is 5.17. The number of likely N-dealkylation sites (tertiary alicyclic amines) is 1. The first-order valence-electron chi connectivity index (χ1n) is 9.20. The second-order valence-electron chi connectivity index (χ2n) is 6.97. The van der Waals surface area contributed by atoms with Gasteiger partial charge in [0.2, 0.25) is 0 Å². The van der Waals surface area contributed by atoms with Gasteiger partial charge >= 0.3 is 5.69 Å². The highest BCUT2D eigenvalue weighted by Gasteiger charge is 2.26. The van der Waals surface area contributed by atoms with E-state index in [0.29, 0.717) is 5.92 Å². The van der Waals surface area contributed by atoms with Crippen LogP contribution in [0.15, 0.2) is 65.5 Å². The van der Waals surface area contributed by atoms with Gasteiger partial charge in [0.25, 0.3) is 0 Å². The number of piperidine rings is 1. The predicted molar refractivity (Wildman–Crippen MR) is 102 cm³/mol. The van der Waals surface area contributed by atoms with Crippen molar-refractivity contribution in [1.82, 2.24) is 19.2 Å². The molecular weight excluding hydrogens is 324 g/mol. The van der Waals surface area contributed by atoms with E-state index in [9.17, 15) is 4.79 Å². The highest BCUT2D eigenvalue weighted by Crippen LogP contribution is 2.28. The molecule has 2 heterocycles. The van der Waals surface area contributed by atoms with Gasteiger partial charge in [0.05, 0.1) is 5.69 Å². The summed E-state index contributed by atoms with van der Waals surface area (Å²) in [5.74, 6) is 1.21. The maximum absolute atomic E-state index is 12.6. The molecule has 5 heteroatoms. The largest absolute Gasteiger partial charge is 0.350 e. The lowest BCUT2D eigenvalue weighted by Crippen LogP contribution is -2.33. The van der Waals surface area contributed by atoms with Crippen molar-refractivity contribution in [3.63, 3.8) is 0 Å². The van der Waals surface area contributed by atoms with Crippen molar-refractivity contribution >= 4 is 0 Å². The van der Waals surface area contributed by atoms with Gasteiger partial charge in [-0.15, -0.1) is 0 Å². The van der Waals surface area contributed by atoms with Crippen LogP contribution in [0.3, 0.4) is 0 Å². The van der Waals surface area contributed by atoms with Gasteiger partial charge in [-0.2, -0.15) is 5.10 Å². The highest BCUT2D eigenvalue weighted by molar-refractivity contribution is 5.33. The summed E-state index contributed by atoms with van der Waals surface area (Å²) in [6.45, 7) is 3.04. The summed E-state index contributed by atoms with van der Waals surface area (Å²) in [6.07, 6.45) is 2.05. The Bertz CT molecular complexity index is 906. The third-order valence-electron chi connectivity index (χ3n) is 5.17. The van der Waals surface area contributed by atoms with Crippen LogP contribution >= 0.6 is 0 Å². The summed E-state index contributed by atoms with van der Waals surface area (Å²) in [6, 6.07) is 20.4. The Balaban J connectivity index is 1.52. The maximum atomic E-state index is 12.6. The first kappa shape index (κ1) is 16.8. The molecule has 0 aliphatic carbocycles. The standard InChI is InChI=1S/C21H24N4O/c1-23-21(26)25(19-10-6-3-7-11-19)20(22-23)18-12-14-24(15-13-18)16-17-8-4-2-5-9-17/h2-11,18H,12-16H2,1H3. The van der Waals surface area contributed by atoms with Crippen molar-refractivity contribution < 1.29 is 0 Å². The zero-order chi connectivity index (χ0) is 17.9. The van der Waals surface area contributed by atoms with Crippen molar-refractivity contribution in [3.05, 3.63) is 82.5 Å². The molecule has 1 aromatic heterocycles. The lowest BCUT2D eigenvalue weighted by atomic mass is 9.95. The van der Waals surface area contributed by atoms with Gasteiger partial charge in [-0.25, -0.2) is 14.0 Å². The summed E-state index contributed by atoms with van der Waals surface area (Å²) in [4.78, 5) is 15.1. The fourth-order valence-electron chi connectivity index (χ4n) is 3.76. The van der Waals surface area contributed by atoms with Crippen LogP contribution in [0.25, 0.3) is 5.69 Å². The monoisotopic (exact) mass is 348 g/mol. The molecule has 1 aliphatic heterocycles. The van der Waals surface area contributed by atoms with Crippen LogP contribution in [0.1, 0.15) is 30.1 Å². The van der Waals surface area contributed by atoms with Crippen molar-refractivity contribution in [2.45, 2.75) is 25.3 Å². The Kier molecular flexibility index (Phi) is 4.71. The molecule has 0 atom stereocenters. The number of hydrogen-bond acceptors (Lipinski definition) is 3. The van der Waals surface area contributed by atoms with Gasteiger partial charge in [-0.3, -0.25) is 4.90 Å². The van der Waals surface area contributed by atoms with E-state index in [4.69, 9.17) is 0 Å². The van der Waals surface area contributed by atoms with Crippen LogP contribution < -0.4 is 5.69 Å². The number of aromatic nitrogens is 3. The fourth-order valence-corrected chi connectivity index (χ4v) is 3.76. The average Bonchev–Trinajstić information content (AvgIpc) is 2.99. The predicted octanol–water partition coefficient (Wildman–Crippen LogP) is 2.95. The zero-order valence-corrected chi connectivity index (χ0v) is 15.1. The molecule has 3 aromatic rings. The van der Waals surface area contributed by atoms with Crippen molar-refractivity contribution in [3.8, 4) is 5.69 Å². The molecule has 2 aromatic carbocycles. The lowest BCUT2D eigenvalue weighted by Gasteiger charge is -2.31. The van der Waals surface area contributed by atoms with E-state index in [2.05, 4.69) is 40.3 Å². The van der Waals surface area contributed by atoms with Crippen molar-refractivity contribution in [2.24, 2.45) is 7.05 Å². The SMILES string of the molecule is Cn1nc(C2CCN(Cc3ccccc3)CC2)n(-c2ccccc2)c1=O. The second kappa shape index (κ2) is 7.30. The van der Waals surface area contributed by atoms with Crippen LogP contribution in [-0.2, 0) is 13.6 Å². The minimum Gasteiger partial charge on any atom is -0.299 e. The van der Waals surface area contributed by atoms with Gasteiger partial charge < -0.3 is 0 Å². The van der Waals surface area contributed by atoms with Gasteiger partial charge in [0, 0.05) is 19.5 Å². The Morgan fingerprint density at radius 2 is 1.58 bits per heavy atom. The van der Waals surface area contributed by atoms with Crippen LogP contribution in [0.2, 0.25) is 0 Å². The molecule has 26 heavy (non-hydrogen) atoms. The molecule has 0 bridgehead atoms. The second-order valence-corrected chi connectivity index (χ2v) is 6.97. The molecule has 0 amide bonds. The molecule has 0 unspecified atom stereocenters. The first-order chi connectivity index (χ1) is 12.7. The average molecular weight is 348 g/mol. The van der Waals surface area contributed by atoms with E-state index in [1.807, 2.05) is 30.3 Å². The van der Waals surface area contributed by atoms with Crippen LogP contribution in [0, 0.1) is 0 Å². The Labute approximate surface area is 153 Å². The Hall–Kier alpha value is -2.66. The first-order valence-corrected chi connectivity index (χ1v) is 9.20. The summed E-state index contributed by atoms with van der Waals surface area (Å²) in [7, 11) is 1.73. The lowest BCUT2D eigenvalue weighted by molar-refractivity contribution is 0.201. The zero-order valence-electron chi connectivity index (χ0n) is 15.1. The van der Waals surface area contributed by atoms with Crippen LogP contribution in [0.5, 0.6) is 0 Å². The smallest absolute Gasteiger partial charge is 0.299 e. The summed E-state index contributed by atoms with van der Waals surface area (Å²) < 4.78 is 3.23. The third kappa shape index (κ3) is 3.35. The fraction of sp³-hybridized carbons (Fsp3) is 0.333. The van der Waals surface area contributed by atoms with Crippen molar-refractivity contribution in [2.75, 3.05) is 13.1 Å². The number of rotatable bonds is 4.